The van der Waals surface area contributed by atoms with Crippen LogP contribution >= 0.6 is 0 Å². The zero-order chi connectivity index (χ0) is 15.2. The number of ether oxygens (including phenoxy) is 2. The highest BCUT2D eigenvalue weighted by molar-refractivity contribution is 7.95. The summed E-state index contributed by atoms with van der Waals surface area (Å²) in [6.07, 6.45) is 2.23. The van der Waals surface area contributed by atoms with Crippen LogP contribution in [0.2, 0.25) is 0 Å². The Morgan fingerprint density at radius 3 is 2.65 bits per heavy atom. The number of sulfone groups is 1. The molecular weight excluding hydrogens is 282 g/mol. The van der Waals surface area contributed by atoms with Crippen LogP contribution in [0.15, 0.2) is 23.1 Å². The zero-order valence-electron chi connectivity index (χ0n) is 11.2. The second kappa shape index (κ2) is 6.93. The first kappa shape index (κ1) is 16.0. The monoisotopic (exact) mass is 297 g/mol. The quantitative estimate of drug-likeness (QED) is 0.786. The van der Waals surface area contributed by atoms with Gasteiger partial charge in [-0.3, -0.25) is 0 Å². The van der Waals surface area contributed by atoms with Crippen molar-refractivity contribution in [3.05, 3.63) is 28.7 Å². The van der Waals surface area contributed by atoms with Crippen LogP contribution in [0, 0.1) is 11.3 Å². The largest absolute Gasteiger partial charge is 0.493 e. The first-order chi connectivity index (χ1) is 9.42. The van der Waals surface area contributed by atoms with Gasteiger partial charge in [-0.25, -0.2) is 8.42 Å². The summed E-state index contributed by atoms with van der Waals surface area (Å²) in [4.78, 5) is -0.330. The van der Waals surface area contributed by atoms with Crippen molar-refractivity contribution < 1.29 is 23.0 Å². The normalized spacial score (nSPS) is 11.8. The second-order valence-electron chi connectivity index (χ2n) is 3.87. The van der Waals surface area contributed by atoms with Gasteiger partial charge >= 0.3 is 0 Å². The summed E-state index contributed by atoms with van der Waals surface area (Å²) in [5.74, 6) is 0.814. The van der Waals surface area contributed by atoms with E-state index in [1.165, 1.54) is 13.2 Å². The minimum atomic E-state index is -3.56. The predicted molar refractivity (Wildman–Crippen MR) is 74.0 cm³/mol. The number of nitriles is 1. The highest BCUT2D eigenvalue weighted by Gasteiger charge is 2.11. The van der Waals surface area contributed by atoms with E-state index in [1.807, 2.05) is 0 Å². The zero-order valence-corrected chi connectivity index (χ0v) is 12.0. The van der Waals surface area contributed by atoms with Gasteiger partial charge < -0.3 is 14.6 Å². The number of nitrogens with zero attached hydrogens (tertiary/aromatic N) is 1. The van der Waals surface area contributed by atoms with E-state index in [9.17, 15) is 8.42 Å². The van der Waals surface area contributed by atoms with E-state index < -0.39 is 9.84 Å². The molecule has 1 aromatic rings. The first-order valence-electron chi connectivity index (χ1n) is 5.66. The molecule has 0 saturated heterocycles. The average molecular weight is 297 g/mol. The van der Waals surface area contributed by atoms with Gasteiger partial charge in [0.25, 0.3) is 0 Å². The van der Waals surface area contributed by atoms with Gasteiger partial charge in [-0.15, -0.1) is 0 Å². The van der Waals surface area contributed by atoms with Crippen LogP contribution in [0.3, 0.4) is 0 Å². The molecule has 1 N–H and O–H groups in total. The van der Waals surface area contributed by atoms with E-state index in [2.05, 4.69) is 0 Å². The fourth-order valence-corrected chi connectivity index (χ4v) is 1.94. The minimum absolute atomic E-state index is 0.123. The van der Waals surface area contributed by atoms with Crippen LogP contribution in [0.4, 0.5) is 0 Å². The lowest BCUT2D eigenvalue weighted by atomic mass is 10.2. The predicted octanol–water partition coefficient (Wildman–Crippen LogP) is 0.975. The number of aliphatic hydroxyl groups is 1. The van der Waals surface area contributed by atoms with Crippen LogP contribution in [0.1, 0.15) is 5.56 Å². The van der Waals surface area contributed by atoms with Crippen LogP contribution in [0.25, 0.3) is 6.08 Å². The van der Waals surface area contributed by atoms with Crippen molar-refractivity contribution in [2.75, 3.05) is 26.6 Å². The molecule has 0 aliphatic rings. The average Bonchev–Trinajstić information content (AvgIpc) is 2.41. The molecule has 0 bridgehead atoms. The standard InChI is InChI=1S/C13H15NO5S/c1-18-13-8-10(3-4-12(13)19-6-5-15)7-11(9-14)20(2,16)17/h3-4,7-8,15H,5-6H2,1-2H3/b11-7-. The number of aliphatic hydroxyl groups excluding tert-OH is 1. The fraction of sp³-hybridized carbons (Fsp3) is 0.308. The van der Waals surface area contributed by atoms with Crippen molar-refractivity contribution in [1.82, 2.24) is 0 Å². The minimum Gasteiger partial charge on any atom is -0.493 e. The van der Waals surface area contributed by atoms with E-state index in [-0.39, 0.29) is 18.1 Å². The summed E-state index contributed by atoms with van der Waals surface area (Å²) in [5.41, 5.74) is 0.500. The Balaban J connectivity index is 3.17. The van der Waals surface area contributed by atoms with Crippen LogP contribution in [-0.2, 0) is 9.84 Å². The highest BCUT2D eigenvalue weighted by Crippen LogP contribution is 2.29. The smallest absolute Gasteiger partial charge is 0.185 e. The van der Waals surface area contributed by atoms with Gasteiger partial charge in [0.05, 0.1) is 13.7 Å². The summed E-state index contributed by atoms with van der Waals surface area (Å²) < 4.78 is 33.1. The van der Waals surface area contributed by atoms with E-state index in [0.717, 1.165) is 6.26 Å². The topological polar surface area (TPSA) is 96.6 Å². The van der Waals surface area contributed by atoms with Gasteiger partial charge in [-0.1, -0.05) is 6.07 Å². The molecule has 7 heteroatoms. The molecule has 108 valence electrons. The number of methoxy groups -OCH3 is 1. The number of allylic oxidation sites excluding steroid dienone is 1. The number of hydrogen-bond donors (Lipinski definition) is 1. The molecular formula is C13H15NO5S. The highest BCUT2D eigenvalue weighted by atomic mass is 32.2. The van der Waals surface area contributed by atoms with E-state index >= 15 is 0 Å². The molecule has 0 radical (unpaired) electrons. The van der Waals surface area contributed by atoms with Crippen molar-refractivity contribution >= 4 is 15.9 Å². The summed E-state index contributed by atoms with van der Waals surface area (Å²) in [7, 11) is -2.12. The maximum atomic E-state index is 11.4. The lowest BCUT2D eigenvalue weighted by Crippen LogP contribution is -2.03. The number of rotatable bonds is 6. The van der Waals surface area contributed by atoms with Crippen molar-refractivity contribution in [3.8, 4) is 17.6 Å². The third-order valence-electron chi connectivity index (χ3n) is 2.34. The molecule has 0 unspecified atom stereocenters. The third kappa shape index (κ3) is 4.26. The fourth-order valence-electron chi connectivity index (χ4n) is 1.42. The lowest BCUT2D eigenvalue weighted by molar-refractivity contribution is 0.196. The Kier molecular flexibility index (Phi) is 5.55. The Morgan fingerprint density at radius 1 is 1.45 bits per heavy atom. The van der Waals surface area contributed by atoms with Crippen molar-refractivity contribution in [2.45, 2.75) is 0 Å². The molecule has 0 atom stereocenters. The summed E-state index contributed by atoms with van der Waals surface area (Å²) >= 11 is 0. The molecule has 6 nitrogen and oxygen atoms in total. The molecule has 1 aromatic carbocycles. The molecule has 0 spiro atoms. The Labute approximate surface area is 117 Å². The number of benzene rings is 1. The van der Waals surface area contributed by atoms with Gasteiger partial charge in [0.15, 0.2) is 21.3 Å². The third-order valence-corrected chi connectivity index (χ3v) is 3.35. The van der Waals surface area contributed by atoms with Crippen molar-refractivity contribution in [1.29, 1.82) is 5.26 Å². The molecule has 20 heavy (non-hydrogen) atoms. The van der Waals surface area contributed by atoms with Gasteiger partial charge in [0.1, 0.15) is 17.6 Å². The van der Waals surface area contributed by atoms with Gasteiger partial charge in [-0.2, -0.15) is 5.26 Å². The van der Waals surface area contributed by atoms with Gasteiger partial charge in [0, 0.05) is 6.26 Å². The first-order valence-corrected chi connectivity index (χ1v) is 7.55. The Hall–Kier alpha value is -2.04. The molecule has 0 aliphatic heterocycles. The lowest BCUT2D eigenvalue weighted by Gasteiger charge is -2.10. The van der Waals surface area contributed by atoms with Crippen LogP contribution in [0.5, 0.6) is 11.5 Å². The molecule has 0 amide bonds. The van der Waals surface area contributed by atoms with Gasteiger partial charge in [0.2, 0.25) is 0 Å². The molecule has 0 heterocycles. The van der Waals surface area contributed by atoms with E-state index in [4.69, 9.17) is 19.8 Å². The molecule has 0 saturated carbocycles. The van der Waals surface area contributed by atoms with Crippen LogP contribution in [-0.4, -0.2) is 40.1 Å². The van der Waals surface area contributed by atoms with Crippen molar-refractivity contribution in [2.24, 2.45) is 0 Å². The van der Waals surface area contributed by atoms with E-state index in [1.54, 1.807) is 24.3 Å². The molecule has 0 fully saturated rings. The van der Waals surface area contributed by atoms with Crippen molar-refractivity contribution in [3.63, 3.8) is 0 Å². The Bertz CT molecular complexity index is 643. The molecule has 1 rings (SSSR count). The maximum absolute atomic E-state index is 11.4. The summed E-state index contributed by atoms with van der Waals surface area (Å²) in [5, 5.41) is 17.5. The van der Waals surface area contributed by atoms with Crippen LogP contribution < -0.4 is 9.47 Å². The number of hydrogen-bond acceptors (Lipinski definition) is 6. The molecule has 0 aromatic heterocycles. The summed E-state index contributed by atoms with van der Waals surface area (Å²) in [6, 6.07) is 6.37. The van der Waals surface area contributed by atoms with E-state index in [0.29, 0.717) is 17.1 Å². The van der Waals surface area contributed by atoms with Gasteiger partial charge in [-0.05, 0) is 23.8 Å². The second-order valence-corrected chi connectivity index (χ2v) is 5.86. The SMILES string of the molecule is COc1cc(/C=C(/C#N)S(C)(=O)=O)ccc1OCCO. The Morgan fingerprint density at radius 2 is 2.15 bits per heavy atom. The maximum Gasteiger partial charge on any atom is 0.185 e. The summed E-state index contributed by atoms with van der Waals surface area (Å²) in [6.45, 7) is -0.00417. The molecule has 0 aliphatic carbocycles.